The van der Waals surface area contributed by atoms with Crippen molar-refractivity contribution in [2.24, 2.45) is 17.7 Å². The van der Waals surface area contributed by atoms with Crippen LogP contribution in [0, 0.1) is 11.8 Å². The van der Waals surface area contributed by atoms with E-state index in [1.54, 1.807) is 0 Å². The lowest BCUT2D eigenvalue weighted by Gasteiger charge is -2.34. The van der Waals surface area contributed by atoms with Crippen molar-refractivity contribution >= 4 is 5.97 Å². The Morgan fingerprint density at radius 3 is 2.87 bits per heavy atom. The Kier molecular flexibility index (Phi) is 5.01. The number of nitrogens with zero attached hydrogens (tertiary/aromatic N) is 1. The number of hydrazine groups is 1. The van der Waals surface area contributed by atoms with E-state index in [2.05, 4.69) is 23.6 Å². The lowest BCUT2D eigenvalue weighted by Crippen LogP contribution is -2.40. The standard InChI is InChI=1S/C10H21N3O2/c1-8-3-5-13(7-9(8)2)6-4-10(14)15-12-11/h8-9,12H,3-7,11H2,1-2H3. The molecule has 2 atom stereocenters. The molecule has 0 aromatic rings. The molecule has 15 heavy (non-hydrogen) atoms. The van der Waals surface area contributed by atoms with Crippen LogP contribution in [0.15, 0.2) is 0 Å². The summed E-state index contributed by atoms with van der Waals surface area (Å²) < 4.78 is 0. The van der Waals surface area contributed by atoms with Crippen molar-refractivity contribution < 1.29 is 9.63 Å². The van der Waals surface area contributed by atoms with Crippen molar-refractivity contribution in [3.8, 4) is 0 Å². The predicted molar refractivity (Wildman–Crippen MR) is 57.4 cm³/mol. The summed E-state index contributed by atoms with van der Waals surface area (Å²) in [6.07, 6.45) is 1.61. The summed E-state index contributed by atoms with van der Waals surface area (Å²) in [6.45, 7) is 7.46. The molecule has 1 aliphatic heterocycles. The van der Waals surface area contributed by atoms with Crippen LogP contribution in [0.1, 0.15) is 26.7 Å². The van der Waals surface area contributed by atoms with Crippen molar-refractivity contribution in [2.45, 2.75) is 26.7 Å². The molecule has 0 amide bonds. The molecule has 0 bridgehead atoms. The van der Waals surface area contributed by atoms with Gasteiger partial charge in [0.2, 0.25) is 0 Å². The van der Waals surface area contributed by atoms with Crippen LogP contribution in [-0.2, 0) is 9.63 Å². The quantitative estimate of drug-likeness (QED) is 0.520. The van der Waals surface area contributed by atoms with Gasteiger partial charge in [0, 0.05) is 13.1 Å². The monoisotopic (exact) mass is 215 g/mol. The number of hydrogen-bond acceptors (Lipinski definition) is 5. The number of piperidine rings is 1. The molecule has 1 fully saturated rings. The third-order valence-corrected chi connectivity index (χ3v) is 3.22. The molecule has 0 spiro atoms. The maximum atomic E-state index is 11.0. The summed E-state index contributed by atoms with van der Waals surface area (Å²) in [5.41, 5.74) is 1.90. The summed E-state index contributed by atoms with van der Waals surface area (Å²) in [4.78, 5) is 17.8. The SMILES string of the molecule is CC1CCN(CCC(=O)ONN)CC1C. The Morgan fingerprint density at radius 1 is 1.53 bits per heavy atom. The zero-order chi connectivity index (χ0) is 11.3. The Hall–Kier alpha value is -0.650. The predicted octanol–water partition coefficient (Wildman–Crippen LogP) is 0.276. The second kappa shape index (κ2) is 6.05. The number of carbonyl (C=O) groups excluding carboxylic acids is 1. The zero-order valence-electron chi connectivity index (χ0n) is 9.53. The minimum absolute atomic E-state index is 0.302. The molecule has 3 N–H and O–H groups in total. The lowest BCUT2D eigenvalue weighted by atomic mass is 9.89. The van der Waals surface area contributed by atoms with E-state index in [1.807, 2.05) is 5.59 Å². The summed E-state index contributed by atoms with van der Waals surface area (Å²) in [5, 5.41) is 0. The number of rotatable bonds is 4. The fourth-order valence-corrected chi connectivity index (χ4v) is 1.92. The molecular weight excluding hydrogens is 194 g/mol. The van der Waals surface area contributed by atoms with E-state index < -0.39 is 0 Å². The summed E-state index contributed by atoms with van der Waals surface area (Å²) in [6, 6.07) is 0. The van der Waals surface area contributed by atoms with Crippen LogP contribution < -0.4 is 11.4 Å². The van der Waals surface area contributed by atoms with Gasteiger partial charge in [0.25, 0.3) is 0 Å². The van der Waals surface area contributed by atoms with Crippen LogP contribution in [0.25, 0.3) is 0 Å². The van der Waals surface area contributed by atoms with Crippen LogP contribution in [0.2, 0.25) is 0 Å². The van der Waals surface area contributed by atoms with Crippen LogP contribution in [0.5, 0.6) is 0 Å². The Balaban J connectivity index is 2.19. The number of nitrogens with one attached hydrogen (secondary N) is 1. The molecule has 88 valence electrons. The molecule has 5 heteroatoms. The zero-order valence-corrected chi connectivity index (χ0v) is 9.53. The van der Waals surface area contributed by atoms with E-state index >= 15 is 0 Å². The Labute approximate surface area is 90.9 Å². The summed E-state index contributed by atoms with van der Waals surface area (Å²) >= 11 is 0. The van der Waals surface area contributed by atoms with Crippen LogP contribution in [0.4, 0.5) is 0 Å². The van der Waals surface area contributed by atoms with Gasteiger partial charge in [0.15, 0.2) is 0 Å². The second-order valence-corrected chi connectivity index (χ2v) is 4.39. The molecule has 0 aliphatic carbocycles. The normalized spacial score (nSPS) is 27.7. The number of nitrogens with two attached hydrogens (primary N) is 1. The van der Waals surface area contributed by atoms with Gasteiger partial charge >= 0.3 is 5.97 Å². The maximum absolute atomic E-state index is 11.0. The topological polar surface area (TPSA) is 67.6 Å². The van der Waals surface area contributed by atoms with E-state index in [4.69, 9.17) is 5.84 Å². The van der Waals surface area contributed by atoms with Crippen molar-refractivity contribution in [2.75, 3.05) is 19.6 Å². The van der Waals surface area contributed by atoms with E-state index in [9.17, 15) is 4.79 Å². The van der Waals surface area contributed by atoms with Gasteiger partial charge < -0.3 is 9.74 Å². The van der Waals surface area contributed by atoms with Crippen molar-refractivity contribution in [3.05, 3.63) is 0 Å². The molecular formula is C10H21N3O2. The first-order chi connectivity index (χ1) is 7.13. The molecule has 1 heterocycles. The molecule has 0 aromatic heterocycles. The number of carbonyl (C=O) groups is 1. The van der Waals surface area contributed by atoms with E-state index in [1.165, 1.54) is 6.42 Å². The van der Waals surface area contributed by atoms with Crippen LogP contribution >= 0.6 is 0 Å². The molecule has 0 radical (unpaired) electrons. The lowest BCUT2D eigenvalue weighted by molar-refractivity contribution is -0.151. The highest BCUT2D eigenvalue weighted by atomic mass is 16.7. The molecule has 5 nitrogen and oxygen atoms in total. The van der Waals surface area contributed by atoms with Gasteiger partial charge in [-0.1, -0.05) is 19.4 Å². The molecule has 0 saturated carbocycles. The largest absolute Gasteiger partial charge is 0.356 e. The molecule has 1 saturated heterocycles. The third kappa shape index (κ3) is 4.15. The molecule has 1 rings (SSSR count). The fourth-order valence-electron chi connectivity index (χ4n) is 1.92. The Bertz CT molecular complexity index is 211. The van der Waals surface area contributed by atoms with Crippen LogP contribution in [-0.4, -0.2) is 30.5 Å². The number of likely N-dealkylation sites (tertiary alicyclic amines) is 1. The summed E-state index contributed by atoms with van der Waals surface area (Å²) in [7, 11) is 0. The van der Waals surface area contributed by atoms with Crippen molar-refractivity contribution in [1.29, 1.82) is 0 Å². The average Bonchev–Trinajstić information content (AvgIpc) is 2.20. The van der Waals surface area contributed by atoms with Crippen molar-refractivity contribution in [3.63, 3.8) is 0 Å². The van der Waals surface area contributed by atoms with E-state index in [0.29, 0.717) is 12.3 Å². The van der Waals surface area contributed by atoms with Crippen LogP contribution in [0.3, 0.4) is 0 Å². The van der Waals surface area contributed by atoms with E-state index in [-0.39, 0.29) is 5.97 Å². The van der Waals surface area contributed by atoms with E-state index in [0.717, 1.165) is 25.6 Å². The molecule has 1 aliphatic rings. The Morgan fingerprint density at radius 2 is 2.27 bits per heavy atom. The maximum Gasteiger partial charge on any atom is 0.327 e. The second-order valence-electron chi connectivity index (χ2n) is 4.39. The first-order valence-corrected chi connectivity index (χ1v) is 5.51. The highest BCUT2D eigenvalue weighted by Gasteiger charge is 2.22. The highest BCUT2D eigenvalue weighted by molar-refractivity contribution is 5.69. The third-order valence-electron chi connectivity index (χ3n) is 3.22. The number of hydrogen-bond donors (Lipinski definition) is 2. The van der Waals surface area contributed by atoms with Gasteiger partial charge in [-0.2, -0.15) is 0 Å². The smallest absolute Gasteiger partial charge is 0.327 e. The first-order valence-electron chi connectivity index (χ1n) is 5.51. The highest BCUT2D eigenvalue weighted by Crippen LogP contribution is 2.22. The van der Waals surface area contributed by atoms with Gasteiger partial charge in [-0.25, -0.2) is 5.84 Å². The van der Waals surface area contributed by atoms with Gasteiger partial charge in [-0.3, -0.25) is 4.79 Å². The fraction of sp³-hybridized carbons (Fsp3) is 0.900. The van der Waals surface area contributed by atoms with Gasteiger partial charge in [0.05, 0.1) is 6.42 Å². The van der Waals surface area contributed by atoms with Gasteiger partial charge in [-0.05, 0) is 24.8 Å². The molecule has 0 aromatic carbocycles. The van der Waals surface area contributed by atoms with Crippen molar-refractivity contribution in [1.82, 2.24) is 10.5 Å². The molecule has 2 unspecified atom stereocenters. The first kappa shape index (κ1) is 12.4. The average molecular weight is 215 g/mol. The van der Waals surface area contributed by atoms with Gasteiger partial charge in [-0.15, -0.1) is 0 Å². The minimum atomic E-state index is -0.302. The minimum Gasteiger partial charge on any atom is -0.356 e. The summed E-state index contributed by atoms with van der Waals surface area (Å²) in [5.74, 6) is 6.07. The van der Waals surface area contributed by atoms with Gasteiger partial charge in [0.1, 0.15) is 0 Å².